The summed E-state index contributed by atoms with van der Waals surface area (Å²) >= 11 is 6.01. The Kier molecular flexibility index (Phi) is 7.47. The van der Waals surface area contributed by atoms with Gasteiger partial charge in [-0.3, -0.25) is 4.79 Å². The average molecular weight is 545 g/mol. The number of allylic oxidation sites excluding steroid dienone is 1. The fraction of sp³-hybridized carbons (Fsp3) is 0.200. The summed E-state index contributed by atoms with van der Waals surface area (Å²) in [5.41, 5.74) is 4.88. The first-order valence-corrected chi connectivity index (χ1v) is 12.9. The predicted molar refractivity (Wildman–Crippen MR) is 153 cm³/mol. The number of carbonyl (C=O) groups excluding carboxylic acids is 1. The standard InChI is InChI=1S/C30H29ClN4O4/c1-5-18-6-8-19(9-7-18)24-15-25(22-14-27(38-3)28(39-4)16-26(22)37-2)35-29(34-24)23(17-32-35)30(36)33-21-12-10-20(31)11-13-21/h6-17,25,34H,5H2,1-4H3,(H,33,36)/t25-/m1/s1. The summed E-state index contributed by atoms with van der Waals surface area (Å²) < 4.78 is 18.6. The summed E-state index contributed by atoms with van der Waals surface area (Å²) in [6.07, 6.45) is 4.57. The number of carbonyl (C=O) groups is 1. The van der Waals surface area contributed by atoms with Gasteiger partial charge in [-0.25, -0.2) is 4.68 Å². The zero-order valence-corrected chi connectivity index (χ0v) is 22.9. The average Bonchev–Trinajstić information content (AvgIpc) is 3.41. The lowest BCUT2D eigenvalue weighted by Crippen LogP contribution is -2.22. The number of anilines is 2. The van der Waals surface area contributed by atoms with Gasteiger partial charge in [0.1, 0.15) is 23.2 Å². The van der Waals surface area contributed by atoms with Crippen molar-refractivity contribution in [2.75, 3.05) is 32.0 Å². The van der Waals surface area contributed by atoms with Gasteiger partial charge in [-0.15, -0.1) is 0 Å². The number of hydrogen-bond acceptors (Lipinski definition) is 6. The highest BCUT2D eigenvalue weighted by molar-refractivity contribution is 6.30. The molecule has 1 aliphatic heterocycles. The second-order valence-electron chi connectivity index (χ2n) is 8.96. The van der Waals surface area contributed by atoms with Crippen molar-refractivity contribution < 1.29 is 19.0 Å². The molecule has 2 heterocycles. The molecule has 3 aromatic carbocycles. The summed E-state index contributed by atoms with van der Waals surface area (Å²) in [5, 5.41) is 11.6. The van der Waals surface area contributed by atoms with E-state index in [1.807, 2.05) is 6.07 Å². The SMILES string of the molecule is CCc1ccc(C2=C[C@H](c3cc(OC)c(OC)cc3OC)n3ncc(C(=O)Nc4ccc(Cl)cc4)c3N2)cc1. The van der Waals surface area contributed by atoms with Crippen LogP contribution in [0.4, 0.5) is 11.5 Å². The number of fused-ring (bicyclic) bond motifs is 1. The summed E-state index contributed by atoms with van der Waals surface area (Å²) in [7, 11) is 4.77. The summed E-state index contributed by atoms with van der Waals surface area (Å²) in [4.78, 5) is 13.4. The number of aromatic nitrogens is 2. The molecule has 0 fully saturated rings. The third-order valence-corrected chi connectivity index (χ3v) is 6.96. The van der Waals surface area contributed by atoms with Gasteiger partial charge in [-0.2, -0.15) is 5.10 Å². The topological polar surface area (TPSA) is 86.6 Å². The molecule has 0 saturated heterocycles. The van der Waals surface area contributed by atoms with Crippen LogP contribution in [-0.4, -0.2) is 37.0 Å². The number of methoxy groups -OCH3 is 3. The largest absolute Gasteiger partial charge is 0.496 e. The fourth-order valence-electron chi connectivity index (χ4n) is 4.59. The van der Waals surface area contributed by atoms with Crippen molar-refractivity contribution in [2.24, 2.45) is 0 Å². The normalized spacial score (nSPS) is 14.1. The number of hydrogen-bond donors (Lipinski definition) is 2. The minimum atomic E-state index is -0.408. The van der Waals surface area contributed by atoms with Crippen molar-refractivity contribution >= 4 is 34.7 Å². The molecule has 1 atom stereocenters. The summed E-state index contributed by atoms with van der Waals surface area (Å²) in [6.45, 7) is 2.12. The molecule has 39 heavy (non-hydrogen) atoms. The minimum absolute atomic E-state index is 0.299. The van der Waals surface area contributed by atoms with Gasteiger partial charge < -0.3 is 24.8 Å². The van der Waals surface area contributed by atoms with E-state index in [4.69, 9.17) is 25.8 Å². The van der Waals surface area contributed by atoms with Crippen LogP contribution in [0.15, 0.2) is 72.9 Å². The van der Waals surface area contributed by atoms with E-state index in [0.717, 1.165) is 23.2 Å². The van der Waals surface area contributed by atoms with Crippen LogP contribution in [0, 0.1) is 0 Å². The lowest BCUT2D eigenvalue weighted by Gasteiger charge is -2.28. The number of benzene rings is 3. The Bertz CT molecular complexity index is 1530. The molecule has 5 rings (SSSR count). The lowest BCUT2D eigenvalue weighted by molar-refractivity contribution is 0.102. The maximum atomic E-state index is 13.4. The Morgan fingerprint density at radius 3 is 2.28 bits per heavy atom. The van der Waals surface area contributed by atoms with E-state index in [2.05, 4.69) is 53.0 Å². The monoisotopic (exact) mass is 544 g/mol. The molecule has 0 aliphatic carbocycles. The first-order chi connectivity index (χ1) is 18.9. The molecule has 2 N–H and O–H groups in total. The van der Waals surface area contributed by atoms with Gasteiger partial charge in [0.2, 0.25) is 0 Å². The van der Waals surface area contributed by atoms with E-state index in [0.29, 0.717) is 39.3 Å². The fourth-order valence-corrected chi connectivity index (χ4v) is 4.71. The van der Waals surface area contributed by atoms with Crippen LogP contribution in [0.3, 0.4) is 0 Å². The number of halogens is 1. The van der Waals surface area contributed by atoms with E-state index >= 15 is 0 Å². The van der Waals surface area contributed by atoms with Gasteiger partial charge in [0.25, 0.3) is 5.91 Å². The molecular weight excluding hydrogens is 516 g/mol. The van der Waals surface area contributed by atoms with Crippen molar-refractivity contribution in [3.8, 4) is 17.2 Å². The molecule has 8 nitrogen and oxygen atoms in total. The molecule has 1 amide bonds. The van der Waals surface area contributed by atoms with Crippen LogP contribution in [0.2, 0.25) is 5.02 Å². The van der Waals surface area contributed by atoms with Crippen molar-refractivity contribution in [3.63, 3.8) is 0 Å². The van der Waals surface area contributed by atoms with E-state index in [-0.39, 0.29) is 5.91 Å². The third kappa shape index (κ3) is 5.15. The van der Waals surface area contributed by atoms with Crippen molar-refractivity contribution in [1.82, 2.24) is 9.78 Å². The number of amides is 1. The third-order valence-electron chi connectivity index (χ3n) is 6.71. The van der Waals surface area contributed by atoms with Gasteiger partial charge in [0.15, 0.2) is 11.5 Å². The number of nitrogens with one attached hydrogen (secondary N) is 2. The molecule has 4 aromatic rings. The smallest absolute Gasteiger partial charge is 0.261 e. The Morgan fingerprint density at radius 1 is 0.974 bits per heavy atom. The summed E-state index contributed by atoms with van der Waals surface area (Å²) in [6, 6.07) is 18.6. The maximum absolute atomic E-state index is 13.4. The van der Waals surface area contributed by atoms with Gasteiger partial charge >= 0.3 is 0 Å². The van der Waals surface area contributed by atoms with E-state index in [9.17, 15) is 4.79 Å². The zero-order valence-electron chi connectivity index (χ0n) is 22.1. The van der Waals surface area contributed by atoms with Crippen molar-refractivity contribution in [1.29, 1.82) is 0 Å². The van der Waals surface area contributed by atoms with Crippen molar-refractivity contribution in [2.45, 2.75) is 19.4 Å². The van der Waals surface area contributed by atoms with Crippen LogP contribution in [0.1, 0.15) is 40.0 Å². The van der Waals surface area contributed by atoms with Crippen molar-refractivity contribution in [3.05, 3.63) is 100 Å². The summed E-state index contributed by atoms with van der Waals surface area (Å²) in [5.74, 6) is 1.97. The first kappa shape index (κ1) is 26.2. The van der Waals surface area contributed by atoms with Gasteiger partial charge in [0, 0.05) is 28.0 Å². The molecule has 1 aliphatic rings. The highest BCUT2D eigenvalue weighted by Crippen LogP contribution is 2.43. The molecule has 0 spiro atoms. The van der Waals surface area contributed by atoms with Crippen LogP contribution in [-0.2, 0) is 6.42 Å². The van der Waals surface area contributed by atoms with E-state index < -0.39 is 6.04 Å². The number of nitrogens with zero attached hydrogens (tertiary/aromatic N) is 2. The molecular formula is C30H29ClN4O4. The molecule has 1 aromatic heterocycles. The van der Waals surface area contributed by atoms with Crippen LogP contribution >= 0.6 is 11.6 Å². The van der Waals surface area contributed by atoms with Gasteiger partial charge in [0.05, 0.1) is 27.5 Å². The Morgan fingerprint density at radius 2 is 1.64 bits per heavy atom. The Balaban J connectivity index is 1.62. The quantitative estimate of drug-likeness (QED) is 0.266. The molecule has 9 heteroatoms. The predicted octanol–water partition coefficient (Wildman–Crippen LogP) is 6.43. The second-order valence-corrected chi connectivity index (χ2v) is 9.40. The zero-order chi connectivity index (χ0) is 27.5. The Labute approximate surface area is 232 Å². The number of aryl methyl sites for hydroxylation is 1. The molecule has 0 radical (unpaired) electrons. The van der Waals surface area contributed by atoms with Gasteiger partial charge in [-0.1, -0.05) is 42.8 Å². The molecule has 200 valence electrons. The molecule has 0 saturated carbocycles. The van der Waals surface area contributed by atoms with Crippen LogP contribution in [0.25, 0.3) is 5.70 Å². The van der Waals surface area contributed by atoms with E-state index in [1.165, 1.54) is 5.56 Å². The van der Waals surface area contributed by atoms with Gasteiger partial charge in [-0.05, 0) is 54.0 Å². The molecule has 0 bridgehead atoms. The van der Waals surface area contributed by atoms with Crippen LogP contribution < -0.4 is 24.8 Å². The maximum Gasteiger partial charge on any atom is 0.261 e. The lowest BCUT2D eigenvalue weighted by atomic mass is 9.98. The molecule has 0 unspecified atom stereocenters. The minimum Gasteiger partial charge on any atom is -0.496 e. The van der Waals surface area contributed by atoms with E-state index in [1.54, 1.807) is 62.5 Å². The highest BCUT2D eigenvalue weighted by atomic mass is 35.5. The number of rotatable bonds is 8. The first-order valence-electron chi connectivity index (χ1n) is 12.5. The second kappa shape index (κ2) is 11.1. The highest BCUT2D eigenvalue weighted by Gasteiger charge is 2.30. The Hall–Kier alpha value is -4.43. The number of ether oxygens (including phenoxy) is 3. The van der Waals surface area contributed by atoms with Crippen LogP contribution in [0.5, 0.6) is 17.2 Å².